The summed E-state index contributed by atoms with van der Waals surface area (Å²) in [5.41, 5.74) is 0.745. The molecule has 0 spiro atoms. The number of rotatable bonds is 4. The van der Waals surface area contributed by atoms with E-state index in [1.807, 2.05) is 0 Å². The molecule has 2 N–H and O–H groups in total. The maximum absolute atomic E-state index is 12.3. The van der Waals surface area contributed by atoms with Crippen molar-refractivity contribution in [1.29, 1.82) is 0 Å². The van der Waals surface area contributed by atoms with E-state index in [0.717, 1.165) is 11.3 Å². The average molecular weight is 400 g/mol. The number of benzene rings is 1. The summed E-state index contributed by atoms with van der Waals surface area (Å²) in [6, 6.07) is 4.67. The smallest absolute Gasteiger partial charge is 0.350 e. The number of halogens is 1. The van der Waals surface area contributed by atoms with Crippen molar-refractivity contribution in [2.45, 2.75) is 6.92 Å². The van der Waals surface area contributed by atoms with Gasteiger partial charge in [-0.1, -0.05) is 22.9 Å². The second-order valence-corrected chi connectivity index (χ2v) is 6.52. The first-order valence-corrected chi connectivity index (χ1v) is 8.47. The topological polar surface area (TPSA) is 89.6 Å². The van der Waals surface area contributed by atoms with E-state index >= 15 is 0 Å². The van der Waals surface area contributed by atoms with Crippen LogP contribution in [-0.2, 0) is 4.74 Å². The average Bonchev–Trinajstić information content (AvgIpc) is 2.94. The number of aryl methyl sites for hydroxylation is 1. The Hall–Kier alpha value is -2.23. The molecule has 7 nitrogen and oxygen atoms in total. The first kappa shape index (κ1) is 19.1. The highest BCUT2D eigenvalue weighted by Gasteiger charge is 2.18. The lowest BCUT2D eigenvalue weighted by molar-refractivity contribution is 0.0605. The van der Waals surface area contributed by atoms with E-state index in [9.17, 15) is 9.59 Å². The summed E-state index contributed by atoms with van der Waals surface area (Å²) in [7, 11) is 2.74. The van der Waals surface area contributed by atoms with E-state index in [1.54, 1.807) is 19.1 Å². The Morgan fingerprint density at radius 1 is 1.32 bits per heavy atom. The van der Waals surface area contributed by atoms with Crippen LogP contribution < -0.4 is 15.4 Å². The van der Waals surface area contributed by atoms with Gasteiger partial charge >= 0.3 is 5.97 Å². The van der Waals surface area contributed by atoms with Crippen molar-refractivity contribution in [3.63, 3.8) is 0 Å². The minimum atomic E-state index is -0.488. The zero-order chi connectivity index (χ0) is 18.6. The fourth-order valence-corrected chi connectivity index (χ4v) is 3.20. The number of hydrogen-bond acceptors (Lipinski definition) is 7. The van der Waals surface area contributed by atoms with Crippen LogP contribution in [0.4, 0.5) is 5.13 Å². The molecular formula is C15H14ClN3O4S2. The van der Waals surface area contributed by atoms with E-state index < -0.39 is 11.9 Å². The summed E-state index contributed by atoms with van der Waals surface area (Å²) < 4.78 is 9.80. The van der Waals surface area contributed by atoms with Crippen molar-refractivity contribution < 1.29 is 19.1 Å². The molecule has 0 saturated heterocycles. The molecule has 0 unspecified atom stereocenters. The summed E-state index contributed by atoms with van der Waals surface area (Å²) in [6.45, 7) is 1.67. The molecule has 10 heteroatoms. The van der Waals surface area contributed by atoms with Crippen molar-refractivity contribution in [2.75, 3.05) is 19.5 Å². The van der Waals surface area contributed by atoms with Crippen LogP contribution in [0.3, 0.4) is 0 Å². The van der Waals surface area contributed by atoms with Gasteiger partial charge < -0.3 is 14.8 Å². The number of aromatic nitrogens is 1. The Labute approximate surface area is 158 Å². The molecule has 0 aliphatic rings. The van der Waals surface area contributed by atoms with Crippen LogP contribution in [0.15, 0.2) is 18.2 Å². The molecule has 0 aliphatic carbocycles. The number of thiazole rings is 1. The molecule has 2 rings (SSSR count). The number of methoxy groups -OCH3 is 2. The molecule has 2 aromatic rings. The molecule has 1 aromatic heterocycles. The number of ether oxygens (including phenoxy) is 2. The predicted molar refractivity (Wildman–Crippen MR) is 99.9 cm³/mol. The van der Waals surface area contributed by atoms with Gasteiger partial charge in [0.15, 0.2) is 10.2 Å². The van der Waals surface area contributed by atoms with Crippen LogP contribution in [0.5, 0.6) is 5.75 Å². The third kappa shape index (κ3) is 4.65. The molecule has 1 heterocycles. The fraction of sp³-hybridized carbons (Fsp3) is 0.200. The minimum Gasteiger partial charge on any atom is -0.496 e. The van der Waals surface area contributed by atoms with Gasteiger partial charge in [-0.2, -0.15) is 0 Å². The number of nitrogens with one attached hydrogen (secondary N) is 2. The SMILES string of the molecule is COC(=O)c1sc(NC(=S)NC(=O)c2cc(Cl)ccc2OC)nc1C. The van der Waals surface area contributed by atoms with Crippen LogP contribution in [0.1, 0.15) is 25.7 Å². The summed E-state index contributed by atoms with van der Waals surface area (Å²) in [6.07, 6.45) is 0. The monoisotopic (exact) mass is 399 g/mol. The highest BCUT2D eigenvalue weighted by atomic mass is 35.5. The van der Waals surface area contributed by atoms with Gasteiger partial charge in [0.2, 0.25) is 0 Å². The third-order valence-electron chi connectivity index (χ3n) is 3.02. The second kappa shape index (κ2) is 8.24. The van der Waals surface area contributed by atoms with Crippen LogP contribution in [0.2, 0.25) is 5.02 Å². The number of carbonyl (C=O) groups excluding carboxylic acids is 2. The fourth-order valence-electron chi connectivity index (χ4n) is 1.89. The van der Waals surface area contributed by atoms with Gasteiger partial charge in [0.1, 0.15) is 10.6 Å². The number of esters is 1. The molecule has 132 valence electrons. The zero-order valence-corrected chi connectivity index (χ0v) is 15.9. The Morgan fingerprint density at radius 2 is 2.04 bits per heavy atom. The lowest BCUT2D eigenvalue weighted by atomic mass is 10.2. The Kier molecular flexibility index (Phi) is 6.29. The van der Waals surface area contributed by atoms with Crippen molar-refractivity contribution in [2.24, 2.45) is 0 Å². The van der Waals surface area contributed by atoms with Crippen molar-refractivity contribution in [1.82, 2.24) is 10.3 Å². The quantitative estimate of drug-likeness (QED) is 0.603. The standard InChI is InChI=1S/C15H14ClN3O4S2/c1-7-11(13(21)23-3)25-15(17-7)19-14(24)18-12(20)9-6-8(16)4-5-10(9)22-2/h4-6H,1-3H3,(H2,17,18,19,20,24). The van der Waals surface area contributed by atoms with E-state index in [4.69, 9.17) is 28.6 Å². The van der Waals surface area contributed by atoms with Crippen LogP contribution >= 0.6 is 35.2 Å². The predicted octanol–water partition coefficient (Wildman–Crippen LogP) is 3.03. The van der Waals surface area contributed by atoms with Crippen molar-refractivity contribution in [3.05, 3.63) is 39.4 Å². The van der Waals surface area contributed by atoms with Crippen LogP contribution in [0, 0.1) is 6.92 Å². The van der Waals surface area contributed by atoms with Crippen LogP contribution in [0.25, 0.3) is 0 Å². The number of anilines is 1. The van der Waals surface area contributed by atoms with Gasteiger partial charge in [0.25, 0.3) is 5.91 Å². The van der Waals surface area contributed by atoms with Crippen molar-refractivity contribution >= 4 is 57.3 Å². The van der Waals surface area contributed by atoms with E-state index in [2.05, 4.69) is 20.4 Å². The maximum Gasteiger partial charge on any atom is 0.350 e. The summed E-state index contributed by atoms with van der Waals surface area (Å²) >= 11 is 12.1. The Bertz CT molecular complexity index is 838. The first-order valence-electron chi connectivity index (χ1n) is 6.87. The largest absolute Gasteiger partial charge is 0.496 e. The molecule has 1 amide bonds. The highest BCUT2D eigenvalue weighted by molar-refractivity contribution is 7.80. The number of nitrogens with zero attached hydrogens (tertiary/aromatic N) is 1. The Balaban J connectivity index is 2.09. The van der Waals surface area contributed by atoms with E-state index in [0.29, 0.717) is 26.5 Å². The number of hydrogen-bond donors (Lipinski definition) is 2. The Morgan fingerprint density at radius 3 is 2.68 bits per heavy atom. The van der Waals surface area contributed by atoms with Gasteiger partial charge in [0, 0.05) is 5.02 Å². The molecular weight excluding hydrogens is 386 g/mol. The summed E-state index contributed by atoms with van der Waals surface area (Å²) in [5, 5.41) is 6.05. The second-order valence-electron chi connectivity index (χ2n) is 4.68. The molecule has 25 heavy (non-hydrogen) atoms. The molecule has 0 bridgehead atoms. The molecule has 0 aliphatic heterocycles. The van der Waals surface area contributed by atoms with Gasteiger partial charge in [-0.3, -0.25) is 10.1 Å². The third-order valence-corrected chi connectivity index (χ3v) is 4.51. The normalized spacial score (nSPS) is 10.1. The van der Waals surface area contributed by atoms with Gasteiger partial charge in [-0.25, -0.2) is 9.78 Å². The molecule has 0 radical (unpaired) electrons. The molecule has 0 atom stereocenters. The van der Waals surface area contributed by atoms with Crippen LogP contribution in [-0.4, -0.2) is 36.2 Å². The number of thiocarbonyl (C=S) groups is 1. The highest BCUT2D eigenvalue weighted by Crippen LogP contribution is 2.24. The van der Waals surface area contributed by atoms with Gasteiger partial charge in [0.05, 0.1) is 25.5 Å². The number of amides is 1. The lowest BCUT2D eigenvalue weighted by Crippen LogP contribution is -2.34. The maximum atomic E-state index is 12.3. The minimum absolute atomic E-state index is 0.0252. The first-order chi connectivity index (χ1) is 11.8. The lowest BCUT2D eigenvalue weighted by Gasteiger charge is -2.10. The summed E-state index contributed by atoms with van der Waals surface area (Å²) in [5.74, 6) is -0.609. The van der Waals surface area contributed by atoms with Gasteiger partial charge in [-0.15, -0.1) is 0 Å². The van der Waals surface area contributed by atoms with E-state index in [1.165, 1.54) is 20.3 Å². The summed E-state index contributed by atoms with van der Waals surface area (Å²) in [4.78, 5) is 28.5. The van der Waals surface area contributed by atoms with Crippen molar-refractivity contribution in [3.8, 4) is 5.75 Å². The van der Waals surface area contributed by atoms with Gasteiger partial charge in [-0.05, 0) is 37.3 Å². The van der Waals surface area contributed by atoms with E-state index in [-0.39, 0.29) is 10.7 Å². The molecule has 0 saturated carbocycles. The molecule has 1 aromatic carbocycles. The molecule has 0 fully saturated rings. The zero-order valence-electron chi connectivity index (χ0n) is 13.5. The number of carbonyl (C=O) groups is 2.